The summed E-state index contributed by atoms with van der Waals surface area (Å²) >= 11 is 0. The first-order valence-electron chi connectivity index (χ1n) is 8.61. The van der Waals surface area contributed by atoms with E-state index >= 15 is 0 Å². The average Bonchev–Trinajstić information content (AvgIpc) is 2.65. The van der Waals surface area contributed by atoms with Gasteiger partial charge in [-0.1, -0.05) is 32.6 Å². The van der Waals surface area contributed by atoms with Gasteiger partial charge in [0.2, 0.25) is 0 Å². The summed E-state index contributed by atoms with van der Waals surface area (Å²) in [5.41, 5.74) is 0.653. The lowest BCUT2D eigenvalue weighted by atomic mass is 10.1. The Kier molecular flexibility index (Phi) is 7.35. The molecular weight excluding hydrogens is 312 g/mol. The van der Waals surface area contributed by atoms with Gasteiger partial charge in [0.05, 0.1) is 17.7 Å². The van der Waals surface area contributed by atoms with E-state index in [1.165, 1.54) is 25.7 Å². The molecular formula is C21H22N2O2. The van der Waals surface area contributed by atoms with Crippen LogP contribution < -0.4 is 9.47 Å². The summed E-state index contributed by atoms with van der Waals surface area (Å²) in [6, 6.07) is 16.2. The summed E-state index contributed by atoms with van der Waals surface area (Å²) in [5, 5.41) is 18.0. The normalized spacial score (nSPS) is 9.88. The molecule has 2 aromatic carbocycles. The van der Waals surface area contributed by atoms with Crippen LogP contribution in [0.15, 0.2) is 42.5 Å². The Hall–Kier alpha value is -2.98. The molecule has 0 radical (unpaired) electrons. The average molecular weight is 334 g/mol. The van der Waals surface area contributed by atoms with Gasteiger partial charge in [-0.05, 0) is 48.9 Å². The molecule has 0 unspecified atom stereocenters. The zero-order valence-electron chi connectivity index (χ0n) is 14.5. The zero-order valence-corrected chi connectivity index (χ0v) is 14.5. The molecule has 0 N–H and O–H groups in total. The Labute approximate surface area is 149 Å². The lowest BCUT2D eigenvalue weighted by Crippen LogP contribution is -1.97. The van der Waals surface area contributed by atoms with Crippen molar-refractivity contribution in [3.05, 3.63) is 53.6 Å². The summed E-state index contributed by atoms with van der Waals surface area (Å²) in [6.07, 6.45) is 6.07. The van der Waals surface area contributed by atoms with Crippen molar-refractivity contribution in [1.29, 1.82) is 10.5 Å². The van der Waals surface area contributed by atoms with E-state index in [0.717, 1.165) is 18.8 Å². The van der Waals surface area contributed by atoms with Crippen LogP contribution in [0.1, 0.15) is 50.2 Å². The van der Waals surface area contributed by atoms with Crippen molar-refractivity contribution in [2.45, 2.75) is 39.0 Å². The van der Waals surface area contributed by atoms with E-state index < -0.39 is 0 Å². The lowest BCUT2D eigenvalue weighted by molar-refractivity contribution is 0.304. The number of nitriles is 2. The van der Waals surface area contributed by atoms with Crippen molar-refractivity contribution in [3.8, 4) is 29.4 Å². The van der Waals surface area contributed by atoms with E-state index in [9.17, 15) is 0 Å². The minimum Gasteiger partial charge on any atom is -0.494 e. The molecule has 2 aromatic rings. The fourth-order valence-corrected chi connectivity index (χ4v) is 2.41. The smallest absolute Gasteiger partial charge is 0.128 e. The molecule has 0 aliphatic heterocycles. The van der Waals surface area contributed by atoms with Crippen LogP contribution in [-0.4, -0.2) is 6.61 Å². The predicted octanol–water partition coefficient (Wildman–Crippen LogP) is 5.57. The molecule has 4 heteroatoms. The highest BCUT2D eigenvalue weighted by molar-refractivity contribution is 5.50. The predicted molar refractivity (Wildman–Crippen MR) is 96.6 cm³/mol. The van der Waals surface area contributed by atoms with Gasteiger partial charge >= 0.3 is 0 Å². The molecule has 0 saturated heterocycles. The molecule has 0 heterocycles. The number of nitrogens with zero attached hydrogens (tertiary/aromatic N) is 2. The second-order valence-corrected chi connectivity index (χ2v) is 5.77. The van der Waals surface area contributed by atoms with Crippen LogP contribution in [0.3, 0.4) is 0 Å². The monoisotopic (exact) mass is 334 g/mol. The zero-order chi connectivity index (χ0) is 17.9. The summed E-state index contributed by atoms with van der Waals surface area (Å²) in [6.45, 7) is 2.93. The number of hydrogen-bond donors (Lipinski definition) is 0. The molecule has 4 nitrogen and oxygen atoms in total. The third-order valence-corrected chi connectivity index (χ3v) is 3.81. The second-order valence-electron chi connectivity index (χ2n) is 5.77. The van der Waals surface area contributed by atoms with Gasteiger partial charge in [0, 0.05) is 0 Å². The van der Waals surface area contributed by atoms with Crippen LogP contribution in [0.2, 0.25) is 0 Å². The van der Waals surface area contributed by atoms with Crippen LogP contribution in [0.25, 0.3) is 0 Å². The highest BCUT2D eigenvalue weighted by Crippen LogP contribution is 2.25. The molecule has 0 aliphatic carbocycles. The van der Waals surface area contributed by atoms with Crippen molar-refractivity contribution in [1.82, 2.24) is 0 Å². The van der Waals surface area contributed by atoms with E-state index in [4.69, 9.17) is 20.0 Å². The highest BCUT2D eigenvalue weighted by atomic mass is 16.5. The topological polar surface area (TPSA) is 66.0 Å². The fourth-order valence-electron chi connectivity index (χ4n) is 2.41. The molecule has 0 spiro atoms. The second kappa shape index (κ2) is 10.0. The van der Waals surface area contributed by atoms with Gasteiger partial charge in [0.15, 0.2) is 0 Å². The van der Waals surface area contributed by atoms with Gasteiger partial charge in [0.25, 0.3) is 0 Å². The van der Waals surface area contributed by atoms with E-state index in [2.05, 4.69) is 6.92 Å². The van der Waals surface area contributed by atoms with Crippen molar-refractivity contribution >= 4 is 0 Å². The molecule has 0 aliphatic rings. The van der Waals surface area contributed by atoms with Crippen molar-refractivity contribution < 1.29 is 9.47 Å². The van der Waals surface area contributed by atoms with Crippen molar-refractivity contribution in [2.24, 2.45) is 0 Å². The first-order valence-corrected chi connectivity index (χ1v) is 8.61. The molecule has 0 aromatic heterocycles. The van der Waals surface area contributed by atoms with Crippen LogP contribution in [0.4, 0.5) is 0 Å². The molecule has 2 rings (SSSR count). The van der Waals surface area contributed by atoms with Crippen LogP contribution in [0.5, 0.6) is 17.2 Å². The highest BCUT2D eigenvalue weighted by Gasteiger charge is 2.05. The third-order valence-electron chi connectivity index (χ3n) is 3.81. The molecule has 0 bridgehead atoms. The third kappa shape index (κ3) is 5.86. The van der Waals surface area contributed by atoms with E-state index in [1.807, 2.05) is 36.4 Å². The number of ether oxygens (including phenoxy) is 2. The Bertz CT molecular complexity index is 755. The van der Waals surface area contributed by atoms with Crippen LogP contribution >= 0.6 is 0 Å². The quantitative estimate of drug-likeness (QED) is 0.562. The van der Waals surface area contributed by atoms with E-state index in [1.54, 1.807) is 18.2 Å². The number of benzene rings is 2. The minimum absolute atomic E-state index is 0.308. The molecule has 0 fully saturated rings. The first kappa shape index (κ1) is 18.4. The minimum atomic E-state index is 0.308. The van der Waals surface area contributed by atoms with Crippen molar-refractivity contribution in [3.63, 3.8) is 0 Å². The maximum absolute atomic E-state index is 9.05. The summed E-state index contributed by atoms with van der Waals surface area (Å²) in [5.74, 6) is 2.00. The Morgan fingerprint density at radius 1 is 0.760 bits per heavy atom. The summed E-state index contributed by atoms with van der Waals surface area (Å²) in [4.78, 5) is 0. The maximum Gasteiger partial charge on any atom is 0.128 e. The van der Waals surface area contributed by atoms with Crippen molar-refractivity contribution in [2.75, 3.05) is 6.61 Å². The van der Waals surface area contributed by atoms with Gasteiger partial charge < -0.3 is 9.47 Å². The SMILES string of the molecule is CCCCCCCOc1ccc(Oc2ccc(C#N)c(C#N)c2)cc1. The molecule has 25 heavy (non-hydrogen) atoms. The van der Waals surface area contributed by atoms with E-state index in [0.29, 0.717) is 22.6 Å². The summed E-state index contributed by atoms with van der Waals surface area (Å²) in [7, 11) is 0. The Morgan fingerprint density at radius 3 is 2.08 bits per heavy atom. The largest absolute Gasteiger partial charge is 0.494 e. The molecule has 0 atom stereocenters. The molecule has 128 valence electrons. The standard InChI is InChI=1S/C21H22N2O2/c1-2-3-4-5-6-13-24-19-9-11-20(12-10-19)25-21-8-7-17(15-22)18(14-21)16-23/h7-12,14H,2-6,13H2,1H3. The maximum atomic E-state index is 9.05. The van der Waals surface area contributed by atoms with Crippen LogP contribution in [0, 0.1) is 22.7 Å². The molecule has 0 saturated carbocycles. The van der Waals surface area contributed by atoms with Gasteiger partial charge in [-0.3, -0.25) is 0 Å². The van der Waals surface area contributed by atoms with E-state index in [-0.39, 0.29) is 0 Å². The Balaban J connectivity index is 1.86. The number of hydrogen-bond acceptors (Lipinski definition) is 4. The first-order chi connectivity index (χ1) is 12.3. The number of rotatable bonds is 9. The summed E-state index contributed by atoms with van der Waals surface area (Å²) < 4.78 is 11.5. The van der Waals surface area contributed by atoms with Gasteiger partial charge in [-0.2, -0.15) is 10.5 Å². The van der Waals surface area contributed by atoms with Gasteiger partial charge in [0.1, 0.15) is 29.4 Å². The lowest BCUT2D eigenvalue weighted by Gasteiger charge is -2.09. The number of unbranched alkanes of at least 4 members (excludes halogenated alkanes) is 4. The Morgan fingerprint density at radius 2 is 1.40 bits per heavy atom. The van der Waals surface area contributed by atoms with Gasteiger partial charge in [-0.15, -0.1) is 0 Å². The fraction of sp³-hybridized carbons (Fsp3) is 0.333. The van der Waals surface area contributed by atoms with Crippen LogP contribution in [-0.2, 0) is 0 Å². The molecule has 0 amide bonds. The van der Waals surface area contributed by atoms with Gasteiger partial charge in [-0.25, -0.2) is 0 Å².